The Bertz CT molecular complexity index is 820. The first-order chi connectivity index (χ1) is 12.2. The van der Waals surface area contributed by atoms with E-state index in [1.54, 1.807) is 0 Å². The summed E-state index contributed by atoms with van der Waals surface area (Å²) < 4.78 is 0.0148. The molecule has 1 amide bonds. The van der Waals surface area contributed by atoms with Gasteiger partial charge in [-0.1, -0.05) is 24.0 Å². The van der Waals surface area contributed by atoms with Gasteiger partial charge in [0.1, 0.15) is 10.4 Å². The van der Waals surface area contributed by atoms with Crippen LogP contribution < -0.4 is 0 Å². The number of hydrogen-bond donors (Lipinski definition) is 2. The summed E-state index contributed by atoms with van der Waals surface area (Å²) in [6, 6.07) is 4.08. The van der Waals surface area contributed by atoms with Crippen LogP contribution >= 0.6 is 24.0 Å². The summed E-state index contributed by atoms with van der Waals surface area (Å²) in [6.07, 6.45) is 0.747. The lowest BCUT2D eigenvalue weighted by atomic mass is 10.1. The molecule has 136 valence electrons. The van der Waals surface area contributed by atoms with Gasteiger partial charge in [-0.25, -0.2) is 4.79 Å². The van der Waals surface area contributed by atoms with Gasteiger partial charge in [-0.3, -0.25) is 24.6 Å². The highest BCUT2D eigenvalue weighted by atomic mass is 32.2. The van der Waals surface area contributed by atoms with Gasteiger partial charge >= 0.3 is 11.9 Å². The minimum absolute atomic E-state index is 0.0148. The number of amides is 1. The van der Waals surface area contributed by atoms with Crippen LogP contribution in [0.25, 0.3) is 6.08 Å². The van der Waals surface area contributed by atoms with Gasteiger partial charge in [0.15, 0.2) is 0 Å². The number of rotatable bonds is 7. The number of nitro benzene ring substituents is 1. The van der Waals surface area contributed by atoms with Crippen molar-refractivity contribution in [3.8, 4) is 0 Å². The first-order valence-electron chi connectivity index (χ1n) is 7.17. The van der Waals surface area contributed by atoms with Crippen LogP contribution in [0.2, 0.25) is 0 Å². The van der Waals surface area contributed by atoms with Crippen molar-refractivity contribution < 1.29 is 29.5 Å². The maximum absolute atomic E-state index is 12.5. The van der Waals surface area contributed by atoms with Crippen molar-refractivity contribution in [2.24, 2.45) is 0 Å². The monoisotopic (exact) mass is 396 g/mol. The number of carbonyl (C=O) groups excluding carboxylic acids is 1. The number of non-ortho nitro benzene ring substituents is 1. The summed E-state index contributed by atoms with van der Waals surface area (Å²) >= 11 is 5.96. The fraction of sp³-hybridized carbons (Fsp3) is 0.200. The first-order valence-corrected chi connectivity index (χ1v) is 8.39. The van der Waals surface area contributed by atoms with Crippen molar-refractivity contribution in [1.82, 2.24) is 4.90 Å². The highest BCUT2D eigenvalue weighted by Gasteiger charge is 2.40. The molecule has 11 heteroatoms. The van der Waals surface area contributed by atoms with Crippen LogP contribution in [-0.4, -0.2) is 48.2 Å². The number of benzene rings is 1. The Hall–Kier alpha value is -2.79. The molecule has 1 fully saturated rings. The maximum Gasteiger partial charge on any atom is 0.326 e. The molecule has 0 radical (unpaired) electrons. The van der Waals surface area contributed by atoms with E-state index in [0.29, 0.717) is 5.56 Å². The van der Waals surface area contributed by atoms with Crippen LogP contribution in [-0.2, 0) is 14.4 Å². The molecule has 0 spiro atoms. The van der Waals surface area contributed by atoms with E-state index in [1.807, 2.05) is 0 Å². The largest absolute Gasteiger partial charge is 0.481 e. The van der Waals surface area contributed by atoms with E-state index in [0.717, 1.165) is 16.7 Å². The Morgan fingerprint density at radius 2 is 1.92 bits per heavy atom. The van der Waals surface area contributed by atoms with Crippen molar-refractivity contribution in [1.29, 1.82) is 0 Å². The van der Waals surface area contributed by atoms with Gasteiger partial charge in [0, 0.05) is 18.6 Å². The SMILES string of the molecule is O=C(O)CCC(C(=O)O)N1C(=O)/C(=C/c2ccc([N+](=O)[O-])cc2)SC1=S. The number of hydrogen-bond acceptors (Lipinski definition) is 7. The second kappa shape index (κ2) is 8.06. The van der Waals surface area contributed by atoms with Gasteiger partial charge in [-0.15, -0.1) is 0 Å². The molecule has 0 saturated carbocycles. The third-order valence-corrected chi connectivity index (χ3v) is 4.78. The third kappa shape index (κ3) is 4.43. The van der Waals surface area contributed by atoms with E-state index in [2.05, 4.69) is 0 Å². The Balaban J connectivity index is 2.24. The van der Waals surface area contributed by atoms with Crippen LogP contribution in [0.5, 0.6) is 0 Å². The molecule has 1 unspecified atom stereocenters. The van der Waals surface area contributed by atoms with E-state index in [1.165, 1.54) is 30.3 Å². The summed E-state index contributed by atoms with van der Waals surface area (Å²) in [6.45, 7) is 0. The number of nitro groups is 1. The third-order valence-electron chi connectivity index (χ3n) is 3.45. The molecule has 2 N–H and O–H groups in total. The molecule has 2 rings (SSSR count). The topological polar surface area (TPSA) is 138 Å². The van der Waals surface area contributed by atoms with Gasteiger partial charge in [0.05, 0.1) is 9.83 Å². The quantitative estimate of drug-likeness (QED) is 0.307. The van der Waals surface area contributed by atoms with Crippen LogP contribution in [0.4, 0.5) is 5.69 Å². The molecule has 9 nitrogen and oxygen atoms in total. The smallest absolute Gasteiger partial charge is 0.326 e. The number of carbonyl (C=O) groups is 3. The van der Waals surface area contributed by atoms with Crippen LogP contribution in [0.15, 0.2) is 29.2 Å². The second-order valence-corrected chi connectivity index (χ2v) is 6.86. The zero-order valence-corrected chi connectivity index (χ0v) is 14.7. The fourth-order valence-corrected chi connectivity index (χ4v) is 3.57. The van der Waals surface area contributed by atoms with Gasteiger partial charge in [0.2, 0.25) is 0 Å². The van der Waals surface area contributed by atoms with E-state index in [4.69, 9.17) is 17.3 Å². The number of nitrogens with zero attached hydrogens (tertiary/aromatic N) is 2. The van der Waals surface area contributed by atoms with Crippen molar-refractivity contribution in [3.05, 3.63) is 44.8 Å². The normalized spacial score (nSPS) is 16.8. The molecule has 1 aliphatic heterocycles. The van der Waals surface area contributed by atoms with Gasteiger partial charge in [0.25, 0.3) is 11.6 Å². The molecule has 26 heavy (non-hydrogen) atoms. The molecule has 1 atom stereocenters. The number of thiocarbonyl (C=S) groups is 1. The van der Waals surface area contributed by atoms with Gasteiger partial charge < -0.3 is 10.2 Å². The summed E-state index contributed by atoms with van der Waals surface area (Å²) in [7, 11) is 0. The van der Waals surface area contributed by atoms with Crippen molar-refractivity contribution in [3.63, 3.8) is 0 Å². The molecular weight excluding hydrogens is 384 g/mol. The van der Waals surface area contributed by atoms with E-state index in [9.17, 15) is 29.6 Å². The van der Waals surface area contributed by atoms with Crippen molar-refractivity contribution in [2.75, 3.05) is 0 Å². The lowest BCUT2D eigenvalue weighted by Gasteiger charge is -2.22. The summed E-state index contributed by atoms with van der Waals surface area (Å²) in [5.41, 5.74) is 0.405. The number of carboxylic acids is 2. The summed E-state index contributed by atoms with van der Waals surface area (Å²) in [4.78, 5) is 45.8. The molecule has 1 saturated heterocycles. The summed E-state index contributed by atoms with van der Waals surface area (Å²) in [5.74, 6) is -3.17. The maximum atomic E-state index is 12.5. The number of carboxylic acid groups (broad SMARTS) is 2. The van der Waals surface area contributed by atoms with Gasteiger partial charge in [-0.05, 0) is 30.2 Å². The average Bonchev–Trinajstić information content (AvgIpc) is 2.82. The Morgan fingerprint density at radius 1 is 1.31 bits per heavy atom. The van der Waals surface area contributed by atoms with Crippen molar-refractivity contribution in [2.45, 2.75) is 18.9 Å². The molecule has 1 heterocycles. The van der Waals surface area contributed by atoms with Crippen LogP contribution in [0.3, 0.4) is 0 Å². The fourth-order valence-electron chi connectivity index (χ4n) is 2.22. The zero-order valence-electron chi connectivity index (χ0n) is 13.0. The highest BCUT2D eigenvalue weighted by molar-refractivity contribution is 8.26. The molecular formula is C15H12N2O7S2. The molecule has 0 bridgehead atoms. The zero-order chi connectivity index (χ0) is 19.4. The Labute approximate surface area is 156 Å². The van der Waals surface area contributed by atoms with E-state index < -0.39 is 35.2 Å². The van der Waals surface area contributed by atoms with Crippen molar-refractivity contribution >= 4 is 57.9 Å². The number of aliphatic carboxylic acids is 2. The average molecular weight is 396 g/mol. The van der Waals surface area contributed by atoms with Crippen LogP contribution in [0, 0.1) is 10.1 Å². The molecule has 0 aliphatic carbocycles. The Kier molecular flexibility index (Phi) is 6.05. The van der Waals surface area contributed by atoms with E-state index >= 15 is 0 Å². The predicted molar refractivity (Wildman–Crippen MR) is 96.4 cm³/mol. The van der Waals surface area contributed by atoms with Gasteiger partial charge in [-0.2, -0.15) is 0 Å². The molecule has 1 aromatic rings. The first kappa shape index (κ1) is 19.5. The lowest BCUT2D eigenvalue weighted by molar-refractivity contribution is -0.384. The summed E-state index contributed by atoms with van der Waals surface area (Å²) in [5, 5.41) is 28.7. The Morgan fingerprint density at radius 3 is 2.42 bits per heavy atom. The predicted octanol–water partition coefficient (Wildman–Crippen LogP) is 2.11. The molecule has 1 aliphatic rings. The standard InChI is InChI=1S/C15H12N2O7S2/c18-12(19)6-5-10(14(21)22)16-13(20)11(26-15(16)25)7-8-1-3-9(4-2-8)17(23)24/h1-4,7,10H,5-6H2,(H,18,19)(H,21,22)/b11-7-. The minimum Gasteiger partial charge on any atom is -0.481 e. The molecule has 1 aromatic carbocycles. The highest BCUT2D eigenvalue weighted by Crippen LogP contribution is 2.35. The second-order valence-electron chi connectivity index (χ2n) is 5.19. The lowest BCUT2D eigenvalue weighted by Crippen LogP contribution is -2.44. The number of thioether (sulfide) groups is 1. The van der Waals surface area contributed by atoms with Crippen LogP contribution in [0.1, 0.15) is 18.4 Å². The van der Waals surface area contributed by atoms with E-state index in [-0.39, 0.29) is 21.3 Å². The minimum atomic E-state index is -1.37. The molecule has 0 aromatic heterocycles.